The average molecular weight is 470 g/mol. The maximum absolute atomic E-state index is 13.0. The van der Waals surface area contributed by atoms with E-state index in [2.05, 4.69) is 10.3 Å². The van der Waals surface area contributed by atoms with Gasteiger partial charge in [-0.25, -0.2) is 8.42 Å². The molecular weight excluding hydrogens is 442 g/mol. The summed E-state index contributed by atoms with van der Waals surface area (Å²) in [6, 6.07) is 10.3. The normalized spacial score (nSPS) is 22.4. The number of sulfonamides is 1. The molecule has 1 aromatic heterocycles. The smallest absolute Gasteiger partial charge is 0.251 e. The van der Waals surface area contributed by atoms with Gasteiger partial charge in [0.15, 0.2) is 0 Å². The monoisotopic (exact) mass is 469 g/mol. The number of benzene rings is 1. The van der Waals surface area contributed by atoms with E-state index in [0.29, 0.717) is 50.8 Å². The summed E-state index contributed by atoms with van der Waals surface area (Å²) >= 11 is 0. The molecule has 0 bridgehead atoms. The van der Waals surface area contributed by atoms with Crippen molar-refractivity contribution in [2.24, 2.45) is 0 Å². The molecular formula is C24H27N3O5S. The number of H-pyrrole nitrogens is 1. The molecule has 2 aromatic rings. The van der Waals surface area contributed by atoms with Crippen molar-refractivity contribution in [1.82, 2.24) is 14.6 Å². The lowest BCUT2D eigenvalue weighted by molar-refractivity contribution is -0.119. The molecule has 5 rings (SSSR count). The Hall–Kier alpha value is -2.75. The summed E-state index contributed by atoms with van der Waals surface area (Å²) in [5, 5.41) is 2.93. The summed E-state index contributed by atoms with van der Waals surface area (Å²) in [7, 11) is -3.59. The summed E-state index contributed by atoms with van der Waals surface area (Å²) in [5.41, 5.74) is 2.89. The molecule has 9 heteroatoms. The number of carbonyl (C=O) groups is 1. The maximum Gasteiger partial charge on any atom is 0.251 e. The number of carbonyl (C=O) groups excluding carboxylic acids is 1. The third-order valence-electron chi connectivity index (χ3n) is 6.42. The van der Waals surface area contributed by atoms with Crippen molar-refractivity contribution < 1.29 is 17.9 Å². The molecule has 1 saturated carbocycles. The molecule has 2 N–H and O–H groups in total. The quantitative estimate of drug-likeness (QED) is 0.673. The first-order valence-corrected chi connectivity index (χ1v) is 12.8. The molecule has 1 amide bonds. The molecule has 0 radical (unpaired) electrons. The van der Waals surface area contributed by atoms with Gasteiger partial charge in [-0.05, 0) is 48.9 Å². The molecule has 2 saturated heterocycles. The Kier molecular flexibility index (Phi) is 5.94. The van der Waals surface area contributed by atoms with Gasteiger partial charge in [0, 0.05) is 42.4 Å². The molecule has 1 aliphatic carbocycles. The van der Waals surface area contributed by atoms with Crippen LogP contribution in [0, 0.1) is 0 Å². The zero-order valence-corrected chi connectivity index (χ0v) is 19.1. The molecule has 3 fully saturated rings. The summed E-state index contributed by atoms with van der Waals surface area (Å²) < 4.78 is 32.6. The fraction of sp³-hybridized carbons (Fsp3) is 0.417. The van der Waals surface area contributed by atoms with Crippen LogP contribution in [0.3, 0.4) is 0 Å². The van der Waals surface area contributed by atoms with Gasteiger partial charge < -0.3 is 15.0 Å². The number of ether oxygens (including phenoxy) is 1. The highest BCUT2D eigenvalue weighted by Gasteiger charge is 2.28. The van der Waals surface area contributed by atoms with Gasteiger partial charge in [-0.3, -0.25) is 9.59 Å². The summed E-state index contributed by atoms with van der Waals surface area (Å²) in [6.07, 6.45) is 5.16. The molecule has 8 nitrogen and oxygen atoms in total. The van der Waals surface area contributed by atoms with Gasteiger partial charge in [0.2, 0.25) is 15.9 Å². The van der Waals surface area contributed by atoms with E-state index < -0.39 is 10.0 Å². The van der Waals surface area contributed by atoms with E-state index in [4.69, 9.17) is 4.74 Å². The van der Waals surface area contributed by atoms with Crippen molar-refractivity contribution in [3.8, 4) is 0 Å². The van der Waals surface area contributed by atoms with Crippen LogP contribution in [-0.4, -0.2) is 56.0 Å². The van der Waals surface area contributed by atoms with E-state index in [-0.39, 0.29) is 22.4 Å². The van der Waals surface area contributed by atoms with Crippen molar-refractivity contribution in [2.45, 2.75) is 42.5 Å². The second kappa shape index (κ2) is 8.89. The summed E-state index contributed by atoms with van der Waals surface area (Å²) in [4.78, 5) is 27.6. The first-order valence-electron chi connectivity index (χ1n) is 11.3. The van der Waals surface area contributed by atoms with Crippen LogP contribution in [0.4, 0.5) is 0 Å². The fourth-order valence-electron chi connectivity index (χ4n) is 4.41. The number of aromatic amines is 1. The third kappa shape index (κ3) is 4.66. The number of morpholine rings is 1. The lowest BCUT2D eigenvalue weighted by atomic mass is 9.98. The first-order chi connectivity index (χ1) is 15.9. The number of pyridine rings is 1. The van der Waals surface area contributed by atoms with Crippen LogP contribution in [0.25, 0.3) is 5.57 Å². The predicted molar refractivity (Wildman–Crippen MR) is 123 cm³/mol. The lowest BCUT2D eigenvalue weighted by Gasteiger charge is -2.26. The van der Waals surface area contributed by atoms with Crippen LogP contribution < -0.4 is 10.9 Å². The van der Waals surface area contributed by atoms with Crippen molar-refractivity contribution in [3.63, 3.8) is 0 Å². The first kappa shape index (κ1) is 22.1. The zero-order valence-electron chi connectivity index (χ0n) is 18.2. The van der Waals surface area contributed by atoms with Crippen LogP contribution in [0.15, 0.2) is 52.2 Å². The topological polar surface area (TPSA) is 109 Å². The molecule has 174 valence electrons. The maximum atomic E-state index is 13.0. The average Bonchev–Trinajstić information content (AvgIpc) is 3.59. The second-order valence-corrected chi connectivity index (χ2v) is 10.7. The minimum absolute atomic E-state index is 0.000118. The van der Waals surface area contributed by atoms with Crippen LogP contribution in [0.2, 0.25) is 0 Å². The van der Waals surface area contributed by atoms with Crippen molar-refractivity contribution in [1.29, 1.82) is 0 Å². The van der Waals surface area contributed by atoms with Crippen molar-refractivity contribution in [2.75, 3.05) is 26.3 Å². The van der Waals surface area contributed by atoms with Gasteiger partial charge >= 0.3 is 0 Å². The predicted octanol–water partition coefficient (Wildman–Crippen LogP) is 1.98. The second-order valence-electron chi connectivity index (χ2n) is 8.76. The summed E-state index contributed by atoms with van der Waals surface area (Å²) in [5.74, 6) is 0.342. The van der Waals surface area contributed by atoms with E-state index in [0.717, 1.165) is 29.5 Å². The molecule has 0 spiro atoms. The SMILES string of the molecule is O=C1CC[C@H](C=C(c2ccc(S(=O)(=O)N3CCOCC3)cc2)c2ccc(C3CC3)c(=O)[nH]2)N1. The highest BCUT2D eigenvalue weighted by molar-refractivity contribution is 7.89. The Morgan fingerprint density at radius 1 is 1.00 bits per heavy atom. The number of nitrogens with zero attached hydrogens (tertiary/aromatic N) is 1. The van der Waals surface area contributed by atoms with E-state index in [1.165, 1.54) is 4.31 Å². The molecule has 3 aliphatic rings. The number of nitrogens with one attached hydrogen (secondary N) is 2. The van der Waals surface area contributed by atoms with E-state index in [1.807, 2.05) is 18.2 Å². The largest absolute Gasteiger partial charge is 0.379 e. The number of hydrogen-bond donors (Lipinski definition) is 2. The van der Waals surface area contributed by atoms with Crippen LogP contribution in [-0.2, 0) is 19.6 Å². The van der Waals surface area contributed by atoms with E-state index in [1.54, 1.807) is 24.3 Å². The van der Waals surface area contributed by atoms with Crippen LogP contribution in [0.1, 0.15) is 48.4 Å². The fourth-order valence-corrected chi connectivity index (χ4v) is 5.81. The Labute approximate surface area is 192 Å². The lowest BCUT2D eigenvalue weighted by Crippen LogP contribution is -2.40. The van der Waals surface area contributed by atoms with Gasteiger partial charge in [-0.15, -0.1) is 0 Å². The molecule has 3 heterocycles. The highest BCUT2D eigenvalue weighted by atomic mass is 32.2. The number of aromatic nitrogens is 1. The number of amides is 1. The van der Waals surface area contributed by atoms with Crippen molar-refractivity contribution in [3.05, 3.63) is 69.6 Å². The molecule has 2 aliphatic heterocycles. The Morgan fingerprint density at radius 2 is 1.73 bits per heavy atom. The van der Waals surface area contributed by atoms with Gasteiger partial charge in [0.25, 0.3) is 5.56 Å². The van der Waals surface area contributed by atoms with E-state index in [9.17, 15) is 18.0 Å². The van der Waals surface area contributed by atoms with Crippen LogP contribution in [0.5, 0.6) is 0 Å². The standard InChI is InChI=1S/C24H27N3O5S/c28-23-10-5-18(25-23)15-21(22-9-8-20(16-1-2-16)24(29)26-22)17-3-6-19(7-4-17)33(30,31)27-11-13-32-14-12-27/h3-4,6-9,15-16,18H,1-2,5,10-14H2,(H,25,28)(H,26,29)/t18-/m1/s1. The van der Waals surface area contributed by atoms with Gasteiger partial charge in [-0.1, -0.05) is 24.3 Å². The molecule has 1 aromatic carbocycles. The van der Waals surface area contributed by atoms with Crippen molar-refractivity contribution >= 4 is 21.5 Å². The number of hydrogen-bond acceptors (Lipinski definition) is 5. The molecule has 33 heavy (non-hydrogen) atoms. The highest BCUT2D eigenvalue weighted by Crippen LogP contribution is 2.38. The summed E-state index contributed by atoms with van der Waals surface area (Å²) in [6.45, 7) is 1.46. The zero-order chi connectivity index (χ0) is 23.0. The van der Waals surface area contributed by atoms with Gasteiger partial charge in [0.05, 0.1) is 18.1 Å². The van der Waals surface area contributed by atoms with E-state index >= 15 is 0 Å². The Balaban J connectivity index is 1.49. The van der Waals surface area contributed by atoms with Crippen LogP contribution >= 0.6 is 0 Å². The third-order valence-corrected chi connectivity index (χ3v) is 8.33. The van der Waals surface area contributed by atoms with Gasteiger partial charge in [0.1, 0.15) is 0 Å². The minimum atomic E-state index is -3.59. The molecule has 0 unspecified atom stereocenters. The van der Waals surface area contributed by atoms with Gasteiger partial charge in [-0.2, -0.15) is 4.31 Å². The Morgan fingerprint density at radius 3 is 2.33 bits per heavy atom. The molecule has 1 atom stereocenters. The number of rotatable bonds is 6. The minimum Gasteiger partial charge on any atom is -0.379 e. The Bertz CT molecular complexity index is 1240.